The number of carbonyl (C=O) groups excluding carboxylic acids is 2. The summed E-state index contributed by atoms with van der Waals surface area (Å²) in [6.45, 7) is 1.37. The first-order chi connectivity index (χ1) is 13.3. The molecule has 0 saturated heterocycles. The number of hydrogen-bond acceptors (Lipinski definition) is 8. The highest BCUT2D eigenvalue weighted by Crippen LogP contribution is 2.38. The van der Waals surface area contributed by atoms with Gasteiger partial charge in [-0.1, -0.05) is 11.6 Å². The number of ether oxygens (including phenoxy) is 4. The van der Waals surface area contributed by atoms with Gasteiger partial charge in [-0.15, -0.1) is 0 Å². The summed E-state index contributed by atoms with van der Waals surface area (Å²) in [5.74, 6) is -1.27. The van der Waals surface area contributed by atoms with Crippen LogP contribution in [0.3, 0.4) is 0 Å². The van der Waals surface area contributed by atoms with Crippen molar-refractivity contribution in [1.29, 1.82) is 0 Å². The summed E-state index contributed by atoms with van der Waals surface area (Å²) >= 11 is 5.78. The number of nitro benzene ring substituents is 1. The number of benzene rings is 2. The van der Waals surface area contributed by atoms with Crippen molar-refractivity contribution in [1.82, 2.24) is 0 Å². The minimum absolute atomic E-state index is 0.0534. The van der Waals surface area contributed by atoms with Gasteiger partial charge in [0.15, 0.2) is 17.6 Å². The van der Waals surface area contributed by atoms with Crippen LogP contribution in [0, 0.1) is 10.1 Å². The van der Waals surface area contributed by atoms with E-state index >= 15 is 0 Å². The van der Waals surface area contributed by atoms with Crippen LogP contribution in [0.5, 0.6) is 17.2 Å². The lowest BCUT2D eigenvalue weighted by Crippen LogP contribution is -2.25. The topological polar surface area (TPSA) is 114 Å². The lowest BCUT2D eigenvalue weighted by molar-refractivity contribution is -0.385. The average Bonchev–Trinajstić information content (AvgIpc) is 2.68. The molecule has 1 unspecified atom stereocenters. The van der Waals surface area contributed by atoms with Crippen LogP contribution in [0.15, 0.2) is 36.4 Å². The fraction of sp³-hybridized carbons (Fsp3) is 0.222. The van der Waals surface area contributed by atoms with Crippen LogP contribution in [0.25, 0.3) is 0 Å². The number of esters is 2. The zero-order chi connectivity index (χ0) is 20.8. The molecular weight excluding hydrogens is 394 g/mol. The van der Waals surface area contributed by atoms with Gasteiger partial charge in [0.25, 0.3) is 0 Å². The molecule has 2 rings (SSSR count). The standard InChI is InChI=1S/C18H16ClNO8/c1-10(17(21)26-3)27-18(22)11-4-6-15(16(8-11)25-2)28-14-7-5-12(19)9-13(14)20(23)24/h4-10H,1-3H3. The normalized spacial score (nSPS) is 11.3. The smallest absolute Gasteiger partial charge is 0.346 e. The van der Waals surface area contributed by atoms with Crippen molar-refractivity contribution in [2.24, 2.45) is 0 Å². The van der Waals surface area contributed by atoms with Crippen molar-refractivity contribution in [3.8, 4) is 17.2 Å². The molecule has 28 heavy (non-hydrogen) atoms. The predicted octanol–water partition coefficient (Wildman–Crippen LogP) is 3.77. The van der Waals surface area contributed by atoms with Gasteiger partial charge in [-0.25, -0.2) is 9.59 Å². The van der Waals surface area contributed by atoms with Gasteiger partial charge in [0.1, 0.15) is 0 Å². The highest BCUT2D eigenvalue weighted by molar-refractivity contribution is 6.30. The minimum Gasteiger partial charge on any atom is -0.493 e. The van der Waals surface area contributed by atoms with Crippen molar-refractivity contribution >= 4 is 29.2 Å². The van der Waals surface area contributed by atoms with E-state index in [1.54, 1.807) is 0 Å². The molecule has 0 bridgehead atoms. The summed E-state index contributed by atoms with van der Waals surface area (Å²) in [5, 5.41) is 11.4. The SMILES string of the molecule is COC(=O)C(C)OC(=O)c1ccc(Oc2ccc(Cl)cc2[N+](=O)[O-])c(OC)c1. The van der Waals surface area contributed by atoms with Crippen LogP contribution in [0.2, 0.25) is 5.02 Å². The molecule has 0 spiro atoms. The Kier molecular flexibility index (Phi) is 6.78. The molecule has 0 radical (unpaired) electrons. The molecule has 0 aliphatic rings. The van der Waals surface area contributed by atoms with Crippen LogP contribution in [-0.2, 0) is 14.3 Å². The van der Waals surface area contributed by atoms with E-state index in [0.717, 1.165) is 6.07 Å². The monoisotopic (exact) mass is 409 g/mol. The van der Waals surface area contributed by atoms with E-state index in [0.29, 0.717) is 0 Å². The van der Waals surface area contributed by atoms with Gasteiger partial charge in [0.2, 0.25) is 5.75 Å². The molecule has 10 heteroatoms. The minimum atomic E-state index is -1.09. The maximum Gasteiger partial charge on any atom is 0.346 e. The average molecular weight is 410 g/mol. The Balaban J connectivity index is 2.28. The molecule has 0 aliphatic heterocycles. The Bertz CT molecular complexity index is 914. The van der Waals surface area contributed by atoms with E-state index in [1.807, 2.05) is 0 Å². The lowest BCUT2D eigenvalue weighted by atomic mass is 10.2. The van der Waals surface area contributed by atoms with Crippen LogP contribution in [0.1, 0.15) is 17.3 Å². The first kappa shape index (κ1) is 21.0. The largest absolute Gasteiger partial charge is 0.493 e. The Morgan fingerprint density at radius 1 is 1.07 bits per heavy atom. The summed E-state index contributed by atoms with van der Waals surface area (Å²) in [7, 11) is 2.52. The van der Waals surface area contributed by atoms with E-state index in [9.17, 15) is 19.7 Å². The van der Waals surface area contributed by atoms with Crippen molar-refractivity contribution in [2.45, 2.75) is 13.0 Å². The van der Waals surface area contributed by atoms with Crippen LogP contribution >= 0.6 is 11.6 Å². The van der Waals surface area contributed by atoms with Gasteiger partial charge in [0, 0.05) is 11.1 Å². The number of methoxy groups -OCH3 is 2. The van der Waals surface area contributed by atoms with Gasteiger partial charge in [-0.3, -0.25) is 10.1 Å². The second-order valence-electron chi connectivity index (χ2n) is 5.41. The van der Waals surface area contributed by atoms with Crippen molar-refractivity contribution < 1.29 is 33.5 Å². The molecule has 0 amide bonds. The Hall–Kier alpha value is -3.33. The molecule has 0 fully saturated rings. The van der Waals surface area contributed by atoms with Gasteiger partial charge in [0.05, 0.1) is 24.7 Å². The van der Waals surface area contributed by atoms with Crippen LogP contribution in [-0.4, -0.2) is 37.2 Å². The van der Waals surface area contributed by atoms with E-state index in [-0.39, 0.29) is 33.5 Å². The molecule has 0 heterocycles. The lowest BCUT2D eigenvalue weighted by Gasteiger charge is -2.13. The third-order valence-corrected chi connectivity index (χ3v) is 3.79. The zero-order valence-corrected chi connectivity index (χ0v) is 15.9. The number of hydrogen-bond donors (Lipinski definition) is 0. The van der Waals surface area contributed by atoms with Crippen molar-refractivity contribution in [2.75, 3.05) is 14.2 Å². The van der Waals surface area contributed by atoms with Crippen molar-refractivity contribution in [3.05, 3.63) is 57.1 Å². The van der Waals surface area contributed by atoms with Gasteiger partial charge in [-0.2, -0.15) is 0 Å². The van der Waals surface area contributed by atoms with Crippen molar-refractivity contribution in [3.63, 3.8) is 0 Å². The van der Waals surface area contributed by atoms with Crippen LogP contribution in [0.4, 0.5) is 5.69 Å². The fourth-order valence-corrected chi connectivity index (χ4v) is 2.33. The number of nitro groups is 1. The van der Waals surface area contributed by atoms with E-state index in [1.165, 1.54) is 51.5 Å². The predicted molar refractivity (Wildman–Crippen MR) is 98.1 cm³/mol. The molecule has 1 atom stereocenters. The molecule has 2 aromatic carbocycles. The van der Waals surface area contributed by atoms with Gasteiger partial charge in [-0.05, 0) is 37.3 Å². The van der Waals surface area contributed by atoms with E-state index in [4.69, 9.17) is 25.8 Å². The van der Waals surface area contributed by atoms with Crippen LogP contribution < -0.4 is 9.47 Å². The maximum atomic E-state index is 12.2. The third-order valence-electron chi connectivity index (χ3n) is 3.55. The molecule has 9 nitrogen and oxygen atoms in total. The molecule has 0 aromatic heterocycles. The summed E-state index contributed by atoms with van der Waals surface area (Å²) in [6.07, 6.45) is -1.09. The zero-order valence-electron chi connectivity index (χ0n) is 15.1. The summed E-state index contributed by atoms with van der Waals surface area (Å²) < 4.78 is 20.2. The Morgan fingerprint density at radius 2 is 1.75 bits per heavy atom. The summed E-state index contributed by atoms with van der Waals surface area (Å²) in [5.41, 5.74) is -0.240. The van der Waals surface area contributed by atoms with E-state index in [2.05, 4.69) is 4.74 Å². The third kappa shape index (κ3) is 4.89. The molecule has 0 aliphatic carbocycles. The molecule has 2 aromatic rings. The molecular formula is C18H16ClNO8. The molecule has 0 saturated carbocycles. The number of halogens is 1. The second kappa shape index (κ2) is 9.05. The first-order valence-electron chi connectivity index (χ1n) is 7.85. The maximum absolute atomic E-state index is 12.2. The summed E-state index contributed by atoms with van der Waals surface area (Å²) in [4.78, 5) is 34.1. The molecule has 148 valence electrons. The fourth-order valence-electron chi connectivity index (χ4n) is 2.16. The second-order valence-corrected chi connectivity index (χ2v) is 5.84. The first-order valence-corrected chi connectivity index (χ1v) is 8.23. The highest BCUT2D eigenvalue weighted by Gasteiger charge is 2.22. The number of carbonyl (C=O) groups is 2. The Labute approximate surface area is 164 Å². The summed E-state index contributed by atoms with van der Waals surface area (Å²) in [6, 6.07) is 8.02. The quantitative estimate of drug-likeness (QED) is 0.385. The number of nitrogens with zero attached hydrogens (tertiary/aromatic N) is 1. The number of rotatable bonds is 7. The molecule has 0 N–H and O–H groups in total. The van der Waals surface area contributed by atoms with E-state index < -0.39 is 23.0 Å². The van der Waals surface area contributed by atoms with Gasteiger partial charge < -0.3 is 18.9 Å². The van der Waals surface area contributed by atoms with Gasteiger partial charge >= 0.3 is 17.6 Å². The Morgan fingerprint density at radius 3 is 2.36 bits per heavy atom. The highest BCUT2D eigenvalue weighted by atomic mass is 35.5.